The highest BCUT2D eigenvalue weighted by atomic mass is 79.9. The van der Waals surface area contributed by atoms with Crippen LogP contribution in [0.3, 0.4) is 0 Å². The Balaban J connectivity index is 1.90. The first-order valence-electron chi connectivity index (χ1n) is 6.87. The molecule has 124 valence electrons. The Morgan fingerprint density at radius 3 is 2.46 bits per heavy atom. The van der Waals surface area contributed by atoms with E-state index in [1.54, 1.807) is 48.5 Å². The number of hydrogen-bond donors (Lipinski definition) is 2. The molecule has 24 heavy (non-hydrogen) atoms. The monoisotopic (exact) mass is 408 g/mol. The summed E-state index contributed by atoms with van der Waals surface area (Å²) in [6.45, 7) is 0. The first kappa shape index (κ1) is 18.0. The molecular weight excluding hydrogens is 396 g/mol. The molecule has 0 aliphatic heterocycles. The van der Waals surface area contributed by atoms with Gasteiger partial charge < -0.3 is 4.74 Å². The predicted molar refractivity (Wildman–Crippen MR) is 96.8 cm³/mol. The second-order valence-corrected chi connectivity index (χ2v) is 5.97. The lowest BCUT2D eigenvalue weighted by atomic mass is 10.2. The van der Waals surface area contributed by atoms with Crippen molar-refractivity contribution in [3.05, 3.63) is 69.2 Å². The van der Waals surface area contributed by atoms with Gasteiger partial charge in [0.2, 0.25) is 0 Å². The SMILES string of the molecule is COc1ccc(C(=O)NNC(=O)/C=C/c2ccc(Cl)cc2)cc1Br. The summed E-state index contributed by atoms with van der Waals surface area (Å²) in [7, 11) is 1.53. The molecule has 0 unspecified atom stereocenters. The van der Waals surface area contributed by atoms with Gasteiger partial charge in [-0.1, -0.05) is 23.7 Å². The molecule has 0 aliphatic carbocycles. The molecule has 0 fully saturated rings. The fraction of sp³-hybridized carbons (Fsp3) is 0.0588. The van der Waals surface area contributed by atoms with E-state index in [0.29, 0.717) is 20.8 Å². The molecule has 0 heterocycles. The third-order valence-corrected chi connectivity index (χ3v) is 3.88. The number of benzene rings is 2. The Labute approximate surface area is 152 Å². The Hall–Kier alpha value is -2.31. The molecular formula is C17H14BrClN2O3. The van der Waals surface area contributed by atoms with Crippen molar-refractivity contribution < 1.29 is 14.3 Å². The number of hydrazine groups is 1. The van der Waals surface area contributed by atoms with Crippen LogP contribution in [0, 0.1) is 0 Å². The second-order valence-electron chi connectivity index (χ2n) is 4.68. The molecule has 0 aromatic heterocycles. The molecule has 2 rings (SSSR count). The summed E-state index contributed by atoms with van der Waals surface area (Å²) in [4.78, 5) is 23.7. The maximum Gasteiger partial charge on any atom is 0.269 e. The number of ether oxygens (including phenoxy) is 1. The second kappa shape index (κ2) is 8.52. The normalized spacial score (nSPS) is 10.5. The average Bonchev–Trinajstić information content (AvgIpc) is 2.59. The maximum absolute atomic E-state index is 12.0. The quantitative estimate of drug-likeness (QED) is 0.599. The van der Waals surface area contributed by atoms with Gasteiger partial charge in [0.25, 0.3) is 11.8 Å². The van der Waals surface area contributed by atoms with Crippen molar-refractivity contribution in [1.29, 1.82) is 0 Å². The topological polar surface area (TPSA) is 67.4 Å². The van der Waals surface area contributed by atoms with Crippen molar-refractivity contribution in [2.45, 2.75) is 0 Å². The summed E-state index contributed by atoms with van der Waals surface area (Å²) in [5, 5.41) is 0.620. The molecule has 2 N–H and O–H groups in total. The van der Waals surface area contributed by atoms with E-state index in [9.17, 15) is 9.59 Å². The van der Waals surface area contributed by atoms with Crippen LogP contribution in [-0.4, -0.2) is 18.9 Å². The minimum atomic E-state index is -0.453. The van der Waals surface area contributed by atoms with Gasteiger partial charge in [-0.2, -0.15) is 0 Å². The molecule has 2 amide bonds. The zero-order chi connectivity index (χ0) is 17.5. The van der Waals surface area contributed by atoms with Crippen LogP contribution >= 0.6 is 27.5 Å². The number of carbonyl (C=O) groups excluding carboxylic acids is 2. The van der Waals surface area contributed by atoms with Gasteiger partial charge in [-0.05, 0) is 57.9 Å². The van der Waals surface area contributed by atoms with E-state index < -0.39 is 11.8 Å². The van der Waals surface area contributed by atoms with Crippen molar-refractivity contribution in [3.8, 4) is 5.75 Å². The van der Waals surface area contributed by atoms with Gasteiger partial charge in [0, 0.05) is 16.7 Å². The molecule has 2 aromatic carbocycles. The van der Waals surface area contributed by atoms with Crippen LogP contribution in [0.25, 0.3) is 6.08 Å². The Morgan fingerprint density at radius 1 is 1.12 bits per heavy atom. The fourth-order valence-electron chi connectivity index (χ4n) is 1.79. The fourth-order valence-corrected chi connectivity index (χ4v) is 2.45. The van der Waals surface area contributed by atoms with Crippen molar-refractivity contribution >= 4 is 45.4 Å². The van der Waals surface area contributed by atoms with Crippen molar-refractivity contribution in [3.63, 3.8) is 0 Å². The summed E-state index contributed by atoms with van der Waals surface area (Å²) >= 11 is 9.08. The van der Waals surface area contributed by atoms with Crippen molar-refractivity contribution in [1.82, 2.24) is 10.9 Å². The van der Waals surface area contributed by atoms with Crippen LogP contribution in [-0.2, 0) is 4.79 Å². The largest absolute Gasteiger partial charge is 0.496 e. The molecule has 0 aliphatic rings. The van der Waals surface area contributed by atoms with Crippen LogP contribution < -0.4 is 15.6 Å². The number of carbonyl (C=O) groups is 2. The van der Waals surface area contributed by atoms with Crippen LogP contribution in [0.2, 0.25) is 5.02 Å². The van der Waals surface area contributed by atoms with E-state index in [1.807, 2.05) is 0 Å². The highest BCUT2D eigenvalue weighted by Gasteiger charge is 2.09. The number of nitrogens with one attached hydrogen (secondary N) is 2. The van der Waals surface area contributed by atoms with Gasteiger partial charge in [-0.25, -0.2) is 0 Å². The lowest BCUT2D eigenvalue weighted by Gasteiger charge is -2.07. The first-order valence-corrected chi connectivity index (χ1v) is 8.04. The smallest absolute Gasteiger partial charge is 0.269 e. The molecule has 5 nitrogen and oxygen atoms in total. The summed E-state index contributed by atoms with van der Waals surface area (Å²) in [6, 6.07) is 11.9. The molecule has 7 heteroatoms. The van der Waals surface area contributed by atoms with E-state index in [2.05, 4.69) is 26.8 Å². The Kier molecular flexibility index (Phi) is 6.40. The maximum atomic E-state index is 12.0. The van der Waals surface area contributed by atoms with Gasteiger partial charge in [0.05, 0.1) is 11.6 Å². The molecule has 0 spiro atoms. The van der Waals surface area contributed by atoms with E-state index in [0.717, 1.165) is 5.56 Å². The van der Waals surface area contributed by atoms with Gasteiger partial charge in [0.15, 0.2) is 0 Å². The van der Waals surface area contributed by atoms with Crippen LogP contribution in [0.4, 0.5) is 0 Å². The molecule has 0 saturated heterocycles. The highest BCUT2D eigenvalue weighted by molar-refractivity contribution is 9.10. The lowest BCUT2D eigenvalue weighted by Crippen LogP contribution is -2.40. The number of hydrogen-bond acceptors (Lipinski definition) is 3. The van der Waals surface area contributed by atoms with Gasteiger partial charge in [-0.15, -0.1) is 0 Å². The summed E-state index contributed by atoms with van der Waals surface area (Å²) in [5.41, 5.74) is 5.85. The van der Waals surface area contributed by atoms with Crippen LogP contribution in [0.15, 0.2) is 53.0 Å². The Morgan fingerprint density at radius 2 is 1.83 bits per heavy atom. The standard InChI is InChI=1S/C17H14BrClN2O3/c1-24-15-8-5-12(10-14(15)18)17(23)21-20-16(22)9-4-11-2-6-13(19)7-3-11/h2-10H,1H3,(H,20,22)(H,21,23)/b9-4+. The Bertz CT molecular complexity index is 776. The van der Waals surface area contributed by atoms with Crippen molar-refractivity contribution in [2.75, 3.05) is 7.11 Å². The van der Waals surface area contributed by atoms with E-state index >= 15 is 0 Å². The minimum Gasteiger partial charge on any atom is -0.496 e. The van der Waals surface area contributed by atoms with Crippen LogP contribution in [0.5, 0.6) is 5.75 Å². The van der Waals surface area contributed by atoms with E-state index in [-0.39, 0.29) is 0 Å². The number of methoxy groups -OCH3 is 1. The average molecular weight is 410 g/mol. The number of amides is 2. The highest BCUT2D eigenvalue weighted by Crippen LogP contribution is 2.25. The van der Waals surface area contributed by atoms with Crippen molar-refractivity contribution in [2.24, 2.45) is 0 Å². The van der Waals surface area contributed by atoms with E-state index in [1.165, 1.54) is 13.2 Å². The number of halogens is 2. The molecule has 0 radical (unpaired) electrons. The number of rotatable bonds is 4. The summed E-state index contributed by atoms with van der Waals surface area (Å²) in [5.74, 6) is -0.279. The molecule has 2 aromatic rings. The molecule has 0 saturated carbocycles. The van der Waals surface area contributed by atoms with Crippen LogP contribution in [0.1, 0.15) is 15.9 Å². The van der Waals surface area contributed by atoms with Gasteiger partial charge >= 0.3 is 0 Å². The third kappa shape index (κ3) is 5.11. The van der Waals surface area contributed by atoms with E-state index in [4.69, 9.17) is 16.3 Å². The summed E-state index contributed by atoms with van der Waals surface area (Å²) < 4.78 is 5.74. The zero-order valence-corrected chi connectivity index (χ0v) is 15.0. The first-order chi connectivity index (χ1) is 11.5. The zero-order valence-electron chi connectivity index (χ0n) is 12.7. The third-order valence-electron chi connectivity index (χ3n) is 3.01. The lowest BCUT2D eigenvalue weighted by molar-refractivity contribution is -0.117. The van der Waals surface area contributed by atoms with Gasteiger partial charge in [-0.3, -0.25) is 20.4 Å². The van der Waals surface area contributed by atoms with Gasteiger partial charge in [0.1, 0.15) is 5.75 Å². The molecule has 0 atom stereocenters. The minimum absolute atomic E-state index is 0.379. The predicted octanol–water partition coefficient (Wildman–Crippen LogP) is 3.59. The summed E-state index contributed by atoms with van der Waals surface area (Å²) in [6.07, 6.45) is 2.93. The molecule has 0 bridgehead atoms.